The van der Waals surface area contributed by atoms with Gasteiger partial charge in [0.25, 0.3) is 5.91 Å². The molecule has 1 aromatic carbocycles. The van der Waals surface area contributed by atoms with Gasteiger partial charge in [-0.1, -0.05) is 28.9 Å². The second kappa shape index (κ2) is 5.21. The van der Waals surface area contributed by atoms with Crippen LogP contribution in [0, 0.1) is 12.8 Å². The number of amides is 1. The summed E-state index contributed by atoms with van der Waals surface area (Å²) in [4.78, 5) is 14.2. The molecule has 0 radical (unpaired) electrons. The summed E-state index contributed by atoms with van der Waals surface area (Å²) in [5, 5.41) is 0. The lowest BCUT2D eigenvalue weighted by Crippen LogP contribution is -2.37. The number of nitrogens with zero attached hydrogens (tertiary/aromatic N) is 1. The molecule has 3 heteroatoms. The molecule has 1 fully saturated rings. The van der Waals surface area contributed by atoms with Crippen LogP contribution in [-0.2, 0) is 0 Å². The molecule has 2 rings (SSSR count). The largest absolute Gasteiger partial charge is 0.339 e. The fourth-order valence-corrected chi connectivity index (χ4v) is 2.50. The van der Waals surface area contributed by atoms with Gasteiger partial charge in [0.05, 0.1) is 0 Å². The second-order valence-corrected chi connectivity index (χ2v) is 5.79. The highest BCUT2D eigenvalue weighted by Gasteiger charge is 2.21. The fourth-order valence-electron chi connectivity index (χ4n) is 2.12. The van der Waals surface area contributed by atoms with Crippen LogP contribution in [-0.4, -0.2) is 23.9 Å². The molecule has 1 saturated heterocycles. The topological polar surface area (TPSA) is 20.3 Å². The van der Waals surface area contributed by atoms with Crippen LogP contribution >= 0.6 is 15.9 Å². The Bertz CT molecular complexity index is 422. The van der Waals surface area contributed by atoms with Crippen LogP contribution in [0.2, 0.25) is 0 Å². The van der Waals surface area contributed by atoms with Gasteiger partial charge in [-0.2, -0.15) is 0 Å². The summed E-state index contributed by atoms with van der Waals surface area (Å²) in [7, 11) is 0. The molecule has 92 valence electrons. The number of carbonyl (C=O) groups is 1. The average Bonchev–Trinajstić information content (AvgIpc) is 2.33. The first-order valence-electron chi connectivity index (χ1n) is 6.13. The Morgan fingerprint density at radius 3 is 2.59 bits per heavy atom. The molecule has 0 spiro atoms. The van der Waals surface area contributed by atoms with Crippen LogP contribution < -0.4 is 0 Å². The van der Waals surface area contributed by atoms with E-state index >= 15 is 0 Å². The van der Waals surface area contributed by atoms with Crippen molar-refractivity contribution in [3.63, 3.8) is 0 Å². The van der Waals surface area contributed by atoms with Crippen molar-refractivity contribution in [3.05, 3.63) is 33.8 Å². The molecule has 1 amide bonds. The lowest BCUT2D eigenvalue weighted by molar-refractivity contribution is 0.0697. The van der Waals surface area contributed by atoms with Gasteiger partial charge in [0, 0.05) is 23.1 Å². The summed E-state index contributed by atoms with van der Waals surface area (Å²) in [5.74, 6) is 0.918. The monoisotopic (exact) mass is 295 g/mol. The molecule has 0 aromatic heterocycles. The highest BCUT2D eigenvalue weighted by Crippen LogP contribution is 2.21. The van der Waals surface area contributed by atoms with Crippen LogP contribution in [0.1, 0.15) is 35.7 Å². The maximum absolute atomic E-state index is 12.3. The van der Waals surface area contributed by atoms with Gasteiger partial charge >= 0.3 is 0 Å². The minimum absolute atomic E-state index is 0.164. The molecule has 0 saturated carbocycles. The molecule has 0 N–H and O–H groups in total. The summed E-state index contributed by atoms with van der Waals surface area (Å²) in [6.07, 6.45) is 2.25. The summed E-state index contributed by atoms with van der Waals surface area (Å²) < 4.78 is 1.01. The molecule has 2 nitrogen and oxygen atoms in total. The van der Waals surface area contributed by atoms with E-state index in [4.69, 9.17) is 0 Å². The normalized spacial score (nSPS) is 17.2. The highest BCUT2D eigenvalue weighted by molar-refractivity contribution is 9.10. The molecule has 0 unspecified atom stereocenters. The van der Waals surface area contributed by atoms with E-state index in [-0.39, 0.29) is 5.91 Å². The summed E-state index contributed by atoms with van der Waals surface area (Å²) >= 11 is 3.48. The number of carbonyl (C=O) groups excluding carboxylic acids is 1. The fraction of sp³-hybridized carbons (Fsp3) is 0.500. The van der Waals surface area contributed by atoms with Crippen molar-refractivity contribution in [2.24, 2.45) is 5.92 Å². The average molecular weight is 296 g/mol. The van der Waals surface area contributed by atoms with Crippen molar-refractivity contribution < 1.29 is 4.79 Å². The Labute approximate surface area is 111 Å². The molecular formula is C14H18BrNO. The smallest absolute Gasteiger partial charge is 0.253 e. The van der Waals surface area contributed by atoms with Crippen LogP contribution in [0.3, 0.4) is 0 Å². The number of rotatable bonds is 1. The summed E-state index contributed by atoms with van der Waals surface area (Å²) in [5.41, 5.74) is 1.95. The SMILES string of the molecule is Cc1ccc(C(=O)N2CCC(C)CC2)cc1Br. The third-order valence-corrected chi connectivity index (χ3v) is 4.34. The summed E-state index contributed by atoms with van der Waals surface area (Å²) in [6.45, 7) is 6.07. The number of hydrogen-bond donors (Lipinski definition) is 0. The van der Waals surface area contributed by atoms with Crippen LogP contribution in [0.4, 0.5) is 0 Å². The molecule has 1 heterocycles. The second-order valence-electron chi connectivity index (χ2n) is 4.94. The zero-order valence-corrected chi connectivity index (χ0v) is 12.0. The summed E-state index contributed by atoms with van der Waals surface area (Å²) in [6, 6.07) is 5.83. The van der Waals surface area contributed by atoms with E-state index in [0.717, 1.165) is 47.4 Å². The van der Waals surface area contributed by atoms with Crippen molar-refractivity contribution >= 4 is 21.8 Å². The molecule has 0 atom stereocenters. The van der Waals surface area contributed by atoms with E-state index < -0.39 is 0 Å². The maximum Gasteiger partial charge on any atom is 0.253 e. The molecule has 1 aliphatic rings. The molecule has 1 aromatic rings. The van der Waals surface area contributed by atoms with Gasteiger partial charge in [0.2, 0.25) is 0 Å². The predicted molar refractivity (Wildman–Crippen MR) is 73.2 cm³/mol. The van der Waals surface area contributed by atoms with Crippen molar-refractivity contribution in [3.8, 4) is 0 Å². The van der Waals surface area contributed by atoms with Gasteiger partial charge in [0.15, 0.2) is 0 Å². The maximum atomic E-state index is 12.3. The Morgan fingerprint density at radius 1 is 1.35 bits per heavy atom. The van der Waals surface area contributed by atoms with E-state index in [9.17, 15) is 4.79 Å². The van der Waals surface area contributed by atoms with Crippen LogP contribution in [0.5, 0.6) is 0 Å². The first-order valence-corrected chi connectivity index (χ1v) is 6.92. The van der Waals surface area contributed by atoms with E-state index in [2.05, 4.69) is 22.9 Å². The van der Waals surface area contributed by atoms with E-state index in [1.165, 1.54) is 0 Å². The Morgan fingerprint density at radius 2 is 2.00 bits per heavy atom. The standard InChI is InChI=1S/C14H18BrNO/c1-10-5-7-16(8-6-10)14(17)12-4-3-11(2)13(15)9-12/h3-4,9-10H,5-8H2,1-2H3. The number of aryl methyl sites for hydroxylation is 1. The van der Waals surface area contributed by atoms with Gasteiger partial charge in [0.1, 0.15) is 0 Å². The molecular weight excluding hydrogens is 278 g/mol. The third-order valence-electron chi connectivity index (χ3n) is 3.49. The minimum atomic E-state index is 0.164. The van der Waals surface area contributed by atoms with Crippen molar-refractivity contribution in [2.75, 3.05) is 13.1 Å². The first-order chi connectivity index (χ1) is 8.08. The Kier molecular flexibility index (Phi) is 3.87. The number of piperidine rings is 1. The van der Waals surface area contributed by atoms with Gasteiger partial charge in [-0.15, -0.1) is 0 Å². The van der Waals surface area contributed by atoms with Gasteiger partial charge < -0.3 is 4.90 Å². The van der Waals surface area contributed by atoms with Crippen molar-refractivity contribution in [2.45, 2.75) is 26.7 Å². The van der Waals surface area contributed by atoms with Gasteiger partial charge in [-0.25, -0.2) is 0 Å². The van der Waals surface area contributed by atoms with Crippen molar-refractivity contribution in [1.82, 2.24) is 4.90 Å². The lowest BCUT2D eigenvalue weighted by Gasteiger charge is -2.30. The Hall–Kier alpha value is -0.830. The van der Waals surface area contributed by atoms with Crippen LogP contribution in [0.15, 0.2) is 22.7 Å². The molecule has 1 aliphatic heterocycles. The molecule has 0 aliphatic carbocycles. The van der Waals surface area contributed by atoms with E-state index in [0.29, 0.717) is 0 Å². The van der Waals surface area contributed by atoms with E-state index in [1.54, 1.807) is 0 Å². The molecule has 17 heavy (non-hydrogen) atoms. The quantitative estimate of drug-likeness (QED) is 0.775. The predicted octanol–water partition coefficient (Wildman–Crippen LogP) is 3.63. The number of hydrogen-bond acceptors (Lipinski definition) is 1. The zero-order valence-electron chi connectivity index (χ0n) is 10.4. The number of halogens is 1. The van der Waals surface area contributed by atoms with Gasteiger partial charge in [-0.3, -0.25) is 4.79 Å². The zero-order chi connectivity index (χ0) is 12.4. The first kappa shape index (κ1) is 12.6. The minimum Gasteiger partial charge on any atom is -0.339 e. The van der Waals surface area contributed by atoms with Crippen LogP contribution in [0.25, 0.3) is 0 Å². The highest BCUT2D eigenvalue weighted by atomic mass is 79.9. The Balaban J connectivity index is 2.11. The van der Waals surface area contributed by atoms with Crippen molar-refractivity contribution in [1.29, 1.82) is 0 Å². The lowest BCUT2D eigenvalue weighted by atomic mass is 9.98. The van der Waals surface area contributed by atoms with Gasteiger partial charge in [-0.05, 0) is 43.4 Å². The number of benzene rings is 1. The third kappa shape index (κ3) is 2.89. The molecule has 0 bridgehead atoms. The number of likely N-dealkylation sites (tertiary alicyclic amines) is 1. The van der Waals surface area contributed by atoms with E-state index in [1.807, 2.05) is 30.0 Å².